The Balaban J connectivity index is 2.62. The quantitative estimate of drug-likeness (QED) is 0.508. The van der Waals surface area contributed by atoms with Gasteiger partial charge in [0.1, 0.15) is 0 Å². The lowest BCUT2D eigenvalue weighted by molar-refractivity contribution is 0.480. The number of thioether (sulfide) groups is 1. The van der Waals surface area contributed by atoms with E-state index in [-0.39, 0.29) is 3.42 Å². The van der Waals surface area contributed by atoms with E-state index in [0.29, 0.717) is 5.41 Å². The predicted octanol–water partition coefficient (Wildman–Crippen LogP) is 4.22. The first-order valence-electron chi connectivity index (χ1n) is 5.06. The van der Waals surface area contributed by atoms with Crippen LogP contribution in [0.1, 0.15) is 40.3 Å². The molecule has 1 aromatic heterocycles. The van der Waals surface area contributed by atoms with Crippen molar-refractivity contribution in [3.05, 3.63) is 11.9 Å². The lowest BCUT2D eigenvalue weighted by Gasteiger charge is -2.16. The SMILES string of the molecule is CC(C)(C)CSc1ncc(C(C)(C)I)[nH]1. The van der Waals surface area contributed by atoms with Crippen LogP contribution in [0.4, 0.5) is 0 Å². The molecule has 0 spiro atoms. The molecule has 4 heteroatoms. The summed E-state index contributed by atoms with van der Waals surface area (Å²) in [6.45, 7) is 11.1. The van der Waals surface area contributed by atoms with E-state index in [9.17, 15) is 0 Å². The van der Waals surface area contributed by atoms with Crippen LogP contribution in [-0.2, 0) is 3.42 Å². The number of rotatable bonds is 3. The average Bonchev–Trinajstić information content (AvgIpc) is 2.45. The Kier molecular flexibility index (Phi) is 4.14. The van der Waals surface area contributed by atoms with Crippen LogP contribution in [0.5, 0.6) is 0 Å². The van der Waals surface area contributed by atoms with Crippen LogP contribution >= 0.6 is 34.4 Å². The van der Waals surface area contributed by atoms with Gasteiger partial charge >= 0.3 is 0 Å². The second-order valence-corrected chi connectivity index (χ2v) is 9.08. The molecule has 0 unspecified atom stereocenters. The Morgan fingerprint density at radius 1 is 1.33 bits per heavy atom. The van der Waals surface area contributed by atoms with E-state index in [0.717, 1.165) is 10.9 Å². The lowest BCUT2D eigenvalue weighted by atomic mass is 10.0. The largest absolute Gasteiger partial charge is 0.336 e. The van der Waals surface area contributed by atoms with Gasteiger partial charge in [-0.25, -0.2) is 4.98 Å². The van der Waals surface area contributed by atoms with E-state index in [1.807, 2.05) is 6.20 Å². The van der Waals surface area contributed by atoms with Gasteiger partial charge in [-0.2, -0.15) is 0 Å². The van der Waals surface area contributed by atoms with E-state index in [1.165, 1.54) is 5.69 Å². The monoisotopic (exact) mass is 338 g/mol. The molecule has 0 aliphatic carbocycles. The third-order valence-corrected chi connectivity index (χ3v) is 3.91. The first-order chi connectivity index (χ1) is 6.68. The summed E-state index contributed by atoms with van der Waals surface area (Å²) in [6, 6.07) is 0. The van der Waals surface area contributed by atoms with Gasteiger partial charge in [0, 0.05) is 5.75 Å². The molecule has 15 heavy (non-hydrogen) atoms. The number of nitrogens with zero attached hydrogens (tertiary/aromatic N) is 1. The second kappa shape index (κ2) is 4.65. The zero-order valence-electron chi connectivity index (χ0n) is 10.0. The maximum absolute atomic E-state index is 4.39. The van der Waals surface area contributed by atoms with Crippen molar-refractivity contribution < 1.29 is 0 Å². The summed E-state index contributed by atoms with van der Waals surface area (Å²) in [5, 5.41) is 1.03. The average molecular weight is 338 g/mol. The van der Waals surface area contributed by atoms with Gasteiger partial charge in [0.05, 0.1) is 15.3 Å². The number of aromatic nitrogens is 2. The smallest absolute Gasteiger partial charge is 0.165 e. The molecule has 0 amide bonds. The number of halogens is 1. The van der Waals surface area contributed by atoms with Crippen molar-refractivity contribution in [2.75, 3.05) is 5.75 Å². The third kappa shape index (κ3) is 4.76. The van der Waals surface area contributed by atoms with Gasteiger partial charge in [0.15, 0.2) is 5.16 Å². The van der Waals surface area contributed by atoms with Crippen molar-refractivity contribution in [2.24, 2.45) is 5.41 Å². The van der Waals surface area contributed by atoms with Crippen molar-refractivity contribution in [1.82, 2.24) is 9.97 Å². The maximum atomic E-state index is 4.39. The molecule has 0 aromatic carbocycles. The Morgan fingerprint density at radius 3 is 2.33 bits per heavy atom. The van der Waals surface area contributed by atoms with Gasteiger partial charge in [-0.1, -0.05) is 55.1 Å². The van der Waals surface area contributed by atoms with Crippen LogP contribution in [-0.4, -0.2) is 15.7 Å². The molecule has 1 rings (SSSR count). The predicted molar refractivity (Wildman–Crippen MR) is 75.8 cm³/mol. The highest BCUT2D eigenvalue weighted by molar-refractivity contribution is 14.1. The number of aromatic amines is 1. The van der Waals surface area contributed by atoms with E-state index in [1.54, 1.807) is 11.8 Å². The summed E-state index contributed by atoms with van der Waals surface area (Å²) in [4.78, 5) is 7.76. The zero-order valence-corrected chi connectivity index (χ0v) is 13.0. The maximum Gasteiger partial charge on any atom is 0.165 e. The molecule has 0 bridgehead atoms. The molecule has 0 saturated carbocycles. The number of hydrogen-bond donors (Lipinski definition) is 1. The fraction of sp³-hybridized carbons (Fsp3) is 0.727. The molecule has 0 fully saturated rings. The van der Waals surface area contributed by atoms with Crippen LogP contribution < -0.4 is 0 Å². The number of hydrogen-bond acceptors (Lipinski definition) is 2. The molecule has 1 aromatic rings. The molecule has 1 N–H and O–H groups in total. The third-order valence-electron chi connectivity index (χ3n) is 1.83. The van der Waals surface area contributed by atoms with Crippen LogP contribution in [0.3, 0.4) is 0 Å². The van der Waals surface area contributed by atoms with Crippen LogP contribution in [0.15, 0.2) is 11.4 Å². The van der Waals surface area contributed by atoms with Crippen LogP contribution in [0, 0.1) is 5.41 Å². The first-order valence-corrected chi connectivity index (χ1v) is 7.12. The number of imidazole rings is 1. The molecule has 1 heterocycles. The van der Waals surface area contributed by atoms with Gasteiger partial charge in [-0.3, -0.25) is 0 Å². The summed E-state index contributed by atoms with van der Waals surface area (Å²) in [6.07, 6.45) is 1.94. The Bertz CT molecular complexity index is 320. The molecule has 0 aliphatic heterocycles. The normalized spacial score (nSPS) is 13.2. The highest BCUT2D eigenvalue weighted by Gasteiger charge is 2.19. The van der Waals surface area contributed by atoms with Gasteiger partial charge in [-0.15, -0.1) is 0 Å². The highest BCUT2D eigenvalue weighted by Crippen LogP contribution is 2.31. The topological polar surface area (TPSA) is 28.7 Å². The van der Waals surface area contributed by atoms with Gasteiger partial charge in [0.2, 0.25) is 0 Å². The first kappa shape index (κ1) is 13.4. The van der Waals surface area contributed by atoms with Crippen molar-refractivity contribution in [3.8, 4) is 0 Å². The summed E-state index contributed by atoms with van der Waals surface area (Å²) in [5.41, 5.74) is 1.54. The van der Waals surface area contributed by atoms with Crippen LogP contribution in [0.25, 0.3) is 0 Å². The second-order valence-electron chi connectivity index (χ2n) is 5.42. The number of H-pyrrole nitrogens is 1. The fourth-order valence-electron chi connectivity index (χ4n) is 0.963. The van der Waals surface area contributed by atoms with E-state index in [2.05, 4.69) is 67.2 Å². The van der Waals surface area contributed by atoms with Gasteiger partial charge in [-0.05, 0) is 19.3 Å². The Morgan fingerprint density at radius 2 is 1.93 bits per heavy atom. The fourth-order valence-corrected chi connectivity index (χ4v) is 2.12. The minimum absolute atomic E-state index is 0.130. The molecular weight excluding hydrogens is 319 g/mol. The summed E-state index contributed by atoms with van der Waals surface area (Å²) >= 11 is 4.21. The standard InChI is InChI=1S/C11H19IN2S/c1-10(2,3)7-15-9-13-6-8(14-9)11(4,5)12/h6H,7H2,1-5H3,(H,13,14). The van der Waals surface area contributed by atoms with Gasteiger partial charge in [0.25, 0.3) is 0 Å². The van der Waals surface area contributed by atoms with Gasteiger partial charge < -0.3 is 4.98 Å². The van der Waals surface area contributed by atoms with E-state index in [4.69, 9.17) is 0 Å². The van der Waals surface area contributed by atoms with Crippen molar-refractivity contribution in [3.63, 3.8) is 0 Å². The minimum atomic E-state index is 0.130. The van der Waals surface area contributed by atoms with Crippen molar-refractivity contribution in [2.45, 2.75) is 43.2 Å². The zero-order chi connectivity index (χ0) is 11.7. The van der Waals surface area contributed by atoms with E-state index >= 15 is 0 Å². The van der Waals surface area contributed by atoms with Crippen molar-refractivity contribution >= 4 is 34.4 Å². The summed E-state index contributed by atoms with van der Waals surface area (Å²) < 4.78 is 0.130. The number of nitrogens with one attached hydrogen (secondary N) is 1. The Hall–Kier alpha value is 0.290. The number of alkyl halides is 1. The molecule has 0 radical (unpaired) electrons. The van der Waals surface area contributed by atoms with Crippen molar-refractivity contribution in [1.29, 1.82) is 0 Å². The Labute approximate surface area is 110 Å². The molecule has 0 saturated heterocycles. The highest BCUT2D eigenvalue weighted by atomic mass is 127. The molecular formula is C11H19IN2S. The van der Waals surface area contributed by atoms with Crippen LogP contribution in [0.2, 0.25) is 0 Å². The summed E-state index contributed by atoms with van der Waals surface area (Å²) in [7, 11) is 0. The molecule has 2 nitrogen and oxygen atoms in total. The molecule has 0 atom stereocenters. The minimum Gasteiger partial charge on any atom is -0.336 e. The summed E-state index contributed by atoms with van der Waals surface area (Å²) in [5.74, 6) is 1.08. The molecule has 86 valence electrons. The molecule has 0 aliphatic rings. The lowest BCUT2D eigenvalue weighted by Crippen LogP contribution is -2.08. The van der Waals surface area contributed by atoms with E-state index < -0.39 is 0 Å².